The molecule has 0 N–H and O–H groups in total. The molecule has 2 nitrogen and oxygen atoms in total. The molecule has 0 bridgehead atoms. The van der Waals surface area contributed by atoms with E-state index in [0.29, 0.717) is 0 Å². The number of hydrogen-bond donors (Lipinski definition) is 0. The Bertz CT molecular complexity index is 2380. The van der Waals surface area contributed by atoms with Crippen LogP contribution in [0.2, 0.25) is 0 Å². The largest absolute Gasteiger partial charge is 0.228 e. The third-order valence-corrected chi connectivity index (χ3v) is 10.7. The van der Waals surface area contributed by atoms with Crippen LogP contribution in [-0.2, 0) is 5.41 Å². The van der Waals surface area contributed by atoms with Crippen molar-refractivity contribution in [1.82, 2.24) is 9.97 Å². The van der Waals surface area contributed by atoms with Crippen molar-refractivity contribution in [3.8, 4) is 56.2 Å². The first-order chi connectivity index (χ1) is 22.6. The predicted molar refractivity (Wildman–Crippen MR) is 194 cm³/mol. The number of aromatic nitrogens is 2. The summed E-state index contributed by atoms with van der Waals surface area (Å²) in [6.45, 7) is 4.70. The Morgan fingerprint density at radius 3 is 1.96 bits per heavy atom. The topological polar surface area (TPSA) is 25.8 Å². The Hall–Kier alpha value is -5.38. The van der Waals surface area contributed by atoms with E-state index in [0.717, 1.165) is 33.9 Å². The summed E-state index contributed by atoms with van der Waals surface area (Å²) in [5.41, 5.74) is 12.8. The summed E-state index contributed by atoms with van der Waals surface area (Å²) >= 11 is 1.87. The highest BCUT2D eigenvalue weighted by molar-refractivity contribution is 7.26. The highest BCUT2D eigenvalue weighted by atomic mass is 32.1. The summed E-state index contributed by atoms with van der Waals surface area (Å²) in [6, 6.07) is 52.1. The molecular weight excluding hydrogens is 577 g/mol. The number of fused-ring (bicyclic) bond motifs is 6. The van der Waals surface area contributed by atoms with Gasteiger partial charge in [0.2, 0.25) is 0 Å². The molecule has 8 aromatic rings. The van der Waals surface area contributed by atoms with Crippen LogP contribution in [0.5, 0.6) is 0 Å². The first kappa shape index (κ1) is 27.0. The number of nitrogens with zero attached hydrogens (tertiary/aromatic N) is 2. The van der Waals surface area contributed by atoms with Crippen LogP contribution >= 0.6 is 11.3 Å². The zero-order valence-electron chi connectivity index (χ0n) is 25.7. The molecule has 0 saturated carbocycles. The highest BCUT2D eigenvalue weighted by Crippen LogP contribution is 2.51. The van der Waals surface area contributed by atoms with Gasteiger partial charge in [0, 0.05) is 47.8 Å². The van der Waals surface area contributed by atoms with Gasteiger partial charge in [0.1, 0.15) is 0 Å². The van der Waals surface area contributed by atoms with Gasteiger partial charge in [-0.2, -0.15) is 0 Å². The molecule has 2 heterocycles. The number of thiophene rings is 1. The minimum atomic E-state index is -0.0912. The van der Waals surface area contributed by atoms with Crippen molar-refractivity contribution in [2.45, 2.75) is 19.3 Å². The van der Waals surface area contributed by atoms with E-state index in [1.165, 1.54) is 53.6 Å². The molecule has 0 radical (unpaired) electrons. The molecule has 218 valence electrons. The second-order valence-electron chi connectivity index (χ2n) is 12.6. The SMILES string of the molecule is CC1(C)c2ccccc2-c2ccc(-c3c(-c4cc(-c5ccccc5)nc(-c5ccccc5)n4)ccc4c3sc3ccccc34)cc21. The smallest absolute Gasteiger partial charge is 0.160 e. The van der Waals surface area contributed by atoms with Crippen molar-refractivity contribution < 1.29 is 0 Å². The van der Waals surface area contributed by atoms with Crippen LogP contribution in [0.15, 0.2) is 146 Å². The van der Waals surface area contributed by atoms with Crippen molar-refractivity contribution in [3.63, 3.8) is 0 Å². The van der Waals surface area contributed by atoms with Crippen LogP contribution in [0.1, 0.15) is 25.0 Å². The third-order valence-electron chi connectivity index (χ3n) is 9.52. The Morgan fingerprint density at radius 2 is 1.13 bits per heavy atom. The average molecular weight is 607 g/mol. The minimum absolute atomic E-state index is 0.0912. The summed E-state index contributed by atoms with van der Waals surface area (Å²) in [5.74, 6) is 0.727. The second kappa shape index (κ2) is 10.3. The Morgan fingerprint density at radius 1 is 0.478 bits per heavy atom. The van der Waals surface area contributed by atoms with Gasteiger partial charge in [-0.3, -0.25) is 0 Å². The molecule has 1 aliphatic carbocycles. The Kier molecular flexibility index (Phi) is 6.06. The first-order valence-corrected chi connectivity index (χ1v) is 16.6. The van der Waals surface area contributed by atoms with Gasteiger partial charge >= 0.3 is 0 Å². The van der Waals surface area contributed by atoms with E-state index in [4.69, 9.17) is 9.97 Å². The van der Waals surface area contributed by atoms with Crippen LogP contribution in [0, 0.1) is 0 Å². The lowest BCUT2D eigenvalue weighted by atomic mass is 9.81. The van der Waals surface area contributed by atoms with E-state index in [1.807, 2.05) is 35.6 Å². The van der Waals surface area contributed by atoms with Gasteiger partial charge in [-0.05, 0) is 46.0 Å². The average Bonchev–Trinajstić information content (AvgIpc) is 3.60. The van der Waals surface area contributed by atoms with E-state index in [-0.39, 0.29) is 5.41 Å². The second-order valence-corrected chi connectivity index (χ2v) is 13.6. The van der Waals surface area contributed by atoms with Crippen molar-refractivity contribution in [2.75, 3.05) is 0 Å². The summed E-state index contributed by atoms with van der Waals surface area (Å²) in [5, 5.41) is 2.57. The molecule has 0 amide bonds. The van der Waals surface area contributed by atoms with Gasteiger partial charge in [0.05, 0.1) is 11.4 Å². The van der Waals surface area contributed by atoms with Crippen molar-refractivity contribution in [1.29, 1.82) is 0 Å². The lowest BCUT2D eigenvalue weighted by molar-refractivity contribution is 0.660. The number of benzene rings is 6. The fourth-order valence-corrected chi connectivity index (χ4v) is 8.48. The van der Waals surface area contributed by atoms with Gasteiger partial charge in [0.25, 0.3) is 0 Å². The van der Waals surface area contributed by atoms with Crippen molar-refractivity contribution >= 4 is 31.5 Å². The fraction of sp³-hybridized carbons (Fsp3) is 0.0698. The van der Waals surface area contributed by atoms with Crippen molar-refractivity contribution in [2.24, 2.45) is 0 Å². The van der Waals surface area contributed by atoms with E-state index in [2.05, 4.69) is 135 Å². The zero-order chi connectivity index (χ0) is 30.8. The molecule has 0 fully saturated rings. The molecule has 0 aliphatic heterocycles. The van der Waals surface area contributed by atoms with Crippen molar-refractivity contribution in [3.05, 3.63) is 157 Å². The molecule has 46 heavy (non-hydrogen) atoms. The molecule has 2 aromatic heterocycles. The van der Waals surface area contributed by atoms with E-state index < -0.39 is 0 Å². The summed E-state index contributed by atoms with van der Waals surface area (Å²) in [6.07, 6.45) is 0. The maximum absolute atomic E-state index is 5.27. The van der Waals surface area contributed by atoms with Gasteiger partial charge in [0.15, 0.2) is 5.82 Å². The lowest BCUT2D eigenvalue weighted by Crippen LogP contribution is -2.14. The number of rotatable bonds is 4. The van der Waals surface area contributed by atoms with Gasteiger partial charge in [-0.1, -0.05) is 141 Å². The fourth-order valence-electron chi connectivity index (χ4n) is 7.21. The molecule has 0 atom stereocenters. The van der Waals surface area contributed by atoms with Gasteiger partial charge < -0.3 is 0 Å². The molecule has 9 rings (SSSR count). The van der Waals surface area contributed by atoms with Crippen LogP contribution in [0.25, 0.3) is 76.3 Å². The van der Waals surface area contributed by atoms with Crippen LogP contribution < -0.4 is 0 Å². The summed E-state index contributed by atoms with van der Waals surface area (Å²) in [4.78, 5) is 10.4. The Balaban J connectivity index is 1.34. The molecule has 0 spiro atoms. The molecule has 0 unspecified atom stereocenters. The van der Waals surface area contributed by atoms with E-state index in [1.54, 1.807) is 0 Å². The molecule has 1 aliphatic rings. The predicted octanol–water partition coefficient (Wildman–Crippen LogP) is 11.8. The summed E-state index contributed by atoms with van der Waals surface area (Å²) < 4.78 is 2.58. The molecule has 3 heteroatoms. The first-order valence-electron chi connectivity index (χ1n) is 15.8. The number of hydrogen-bond acceptors (Lipinski definition) is 3. The molecule has 6 aromatic carbocycles. The lowest BCUT2D eigenvalue weighted by Gasteiger charge is -2.22. The van der Waals surface area contributed by atoms with Gasteiger partial charge in [-0.25, -0.2) is 9.97 Å². The standard InChI is InChI=1S/C43H30N2S/c1-43(2)35-19-11-9-17-30(35)31-22-21-29(25-36(31)43)40-34(24-23-33-32-18-10-12-20-39(32)46-41(33)40)38-26-37(27-13-5-3-6-14-27)44-42(45-38)28-15-7-4-8-16-28/h3-26H,1-2H3. The maximum Gasteiger partial charge on any atom is 0.160 e. The van der Waals surface area contributed by atoms with Crippen LogP contribution in [0.3, 0.4) is 0 Å². The molecular formula is C43H30N2S. The van der Waals surface area contributed by atoms with Crippen LogP contribution in [-0.4, -0.2) is 9.97 Å². The van der Waals surface area contributed by atoms with Gasteiger partial charge in [-0.15, -0.1) is 11.3 Å². The Labute approximate surface area is 272 Å². The van der Waals surface area contributed by atoms with Crippen LogP contribution in [0.4, 0.5) is 0 Å². The zero-order valence-corrected chi connectivity index (χ0v) is 26.5. The van der Waals surface area contributed by atoms with E-state index >= 15 is 0 Å². The minimum Gasteiger partial charge on any atom is -0.228 e. The third kappa shape index (κ3) is 4.16. The summed E-state index contributed by atoms with van der Waals surface area (Å²) in [7, 11) is 0. The quantitative estimate of drug-likeness (QED) is 0.199. The monoisotopic (exact) mass is 606 g/mol. The maximum atomic E-state index is 5.27. The normalized spacial score (nSPS) is 13.2. The molecule has 0 saturated heterocycles. The highest BCUT2D eigenvalue weighted by Gasteiger charge is 2.35. The van der Waals surface area contributed by atoms with E-state index in [9.17, 15) is 0 Å².